The highest BCUT2D eigenvalue weighted by Gasteiger charge is 2.39. The Morgan fingerprint density at radius 3 is 1.33 bits per heavy atom. The van der Waals surface area contributed by atoms with Crippen LogP contribution in [0.1, 0.15) is 41.4 Å². The molecule has 2 aliphatic rings. The molecular weight excluding hydrogens is 610 g/mol. The van der Waals surface area contributed by atoms with Crippen molar-refractivity contribution in [2.45, 2.75) is 0 Å². The first-order valence-corrected chi connectivity index (χ1v) is 11.0. The molecule has 0 saturated heterocycles. The van der Waals surface area contributed by atoms with E-state index in [9.17, 15) is 19.2 Å². The minimum absolute atomic E-state index is 0.305. The molecule has 0 saturated carbocycles. The number of benzene rings is 3. The van der Waals surface area contributed by atoms with Gasteiger partial charge in [-0.2, -0.15) is 0 Å². The van der Waals surface area contributed by atoms with Crippen LogP contribution in [0.25, 0.3) is 0 Å². The zero-order valence-corrected chi connectivity index (χ0v) is 19.4. The highest BCUT2D eigenvalue weighted by Crippen LogP contribution is 2.34. The van der Waals surface area contributed by atoms with E-state index in [1.807, 2.05) is 0 Å². The van der Waals surface area contributed by atoms with Crippen LogP contribution in [0.4, 0.5) is 11.4 Å². The second kappa shape index (κ2) is 6.98. The minimum atomic E-state index is -0.430. The van der Waals surface area contributed by atoms with E-state index < -0.39 is 23.6 Å². The molecule has 0 bridgehead atoms. The summed E-state index contributed by atoms with van der Waals surface area (Å²) in [4.78, 5) is 53.6. The molecule has 0 unspecified atom stereocenters. The Bertz CT molecular complexity index is 1220. The Morgan fingerprint density at radius 2 is 0.900 bits per heavy atom. The van der Waals surface area contributed by atoms with Crippen molar-refractivity contribution in [1.82, 2.24) is 0 Å². The Hall–Kier alpha value is -2.60. The largest absolute Gasteiger partial charge is 0.268 e. The Morgan fingerprint density at radius 1 is 0.500 bits per heavy atom. The molecule has 3 aromatic carbocycles. The summed E-state index contributed by atoms with van der Waals surface area (Å²) in [7, 11) is 0. The van der Waals surface area contributed by atoms with Crippen LogP contribution in [0, 0.1) is 7.14 Å². The van der Waals surface area contributed by atoms with E-state index in [0.29, 0.717) is 33.6 Å². The van der Waals surface area contributed by atoms with Gasteiger partial charge in [-0.1, -0.05) is 6.07 Å². The van der Waals surface area contributed by atoms with Gasteiger partial charge in [0.15, 0.2) is 0 Å². The van der Waals surface area contributed by atoms with Crippen molar-refractivity contribution >= 4 is 80.2 Å². The first-order chi connectivity index (χ1) is 14.4. The molecule has 146 valence electrons. The molecule has 0 radical (unpaired) electrons. The maximum Gasteiger partial charge on any atom is 0.266 e. The Kier molecular flexibility index (Phi) is 4.51. The van der Waals surface area contributed by atoms with Crippen LogP contribution in [-0.2, 0) is 0 Å². The van der Waals surface area contributed by atoms with Gasteiger partial charge in [-0.25, -0.2) is 9.80 Å². The summed E-state index contributed by atoms with van der Waals surface area (Å²) < 4.78 is 1.70. The van der Waals surface area contributed by atoms with Crippen molar-refractivity contribution in [3.63, 3.8) is 0 Å². The fraction of sp³-hybridized carbons (Fsp3) is 0. The number of anilines is 2. The fourth-order valence-corrected chi connectivity index (χ4v) is 4.65. The SMILES string of the molecule is O=C1c2ccc(I)cc2C(=O)N1c1cccc(N2C(=O)c3ccc(I)cc3C2=O)c1. The van der Waals surface area contributed by atoms with Crippen LogP contribution in [0.2, 0.25) is 0 Å². The van der Waals surface area contributed by atoms with E-state index in [1.165, 1.54) is 6.07 Å². The number of halogens is 2. The third-order valence-electron chi connectivity index (χ3n) is 5.04. The van der Waals surface area contributed by atoms with Gasteiger partial charge < -0.3 is 0 Å². The van der Waals surface area contributed by atoms with E-state index in [0.717, 1.165) is 16.9 Å². The summed E-state index contributed by atoms with van der Waals surface area (Å²) >= 11 is 4.17. The lowest BCUT2D eigenvalue weighted by molar-refractivity contribution is 0.0912. The summed E-state index contributed by atoms with van der Waals surface area (Å²) in [5.74, 6) is -1.72. The van der Waals surface area contributed by atoms with Crippen molar-refractivity contribution in [3.05, 3.63) is 90.1 Å². The lowest BCUT2D eigenvalue weighted by Gasteiger charge is -2.18. The number of nitrogens with zero attached hydrogens (tertiary/aromatic N) is 2. The number of hydrogen-bond acceptors (Lipinski definition) is 4. The second-order valence-electron chi connectivity index (χ2n) is 6.79. The molecule has 2 aliphatic heterocycles. The number of amides is 4. The summed E-state index contributed by atoms with van der Waals surface area (Å²) in [6.07, 6.45) is 0. The van der Waals surface area contributed by atoms with Crippen LogP contribution in [-0.4, -0.2) is 23.6 Å². The second-order valence-corrected chi connectivity index (χ2v) is 9.28. The van der Waals surface area contributed by atoms with E-state index in [4.69, 9.17) is 0 Å². The predicted octanol–water partition coefficient (Wildman–Crippen LogP) is 4.50. The summed E-state index contributed by atoms with van der Waals surface area (Å²) in [5.41, 5.74) is 1.96. The van der Waals surface area contributed by atoms with Crippen molar-refractivity contribution in [1.29, 1.82) is 0 Å². The Labute approximate surface area is 198 Å². The zero-order valence-electron chi connectivity index (χ0n) is 15.1. The zero-order chi connectivity index (χ0) is 21.2. The lowest BCUT2D eigenvalue weighted by atomic mass is 10.1. The summed E-state index contributed by atoms with van der Waals surface area (Å²) in [5, 5.41) is 0. The first-order valence-electron chi connectivity index (χ1n) is 8.83. The van der Waals surface area contributed by atoms with Crippen molar-refractivity contribution in [3.8, 4) is 0 Å². The number of carbonyl (C=O) groups excluding carboxylic acids is 4. The molecule has 30 heavy (non-hydrogen) atoms. The van der Waals surface area contributed by atoms with E-state index in [-0.39, 0.29) is 0 Å². The highest BCUT2D eigenvalue weighted by atomic mass is 127. The minimum Gasteiger partial charge on any atom is -0.268 e. The molecule has 6 nitrogen and oxygen atoms in total. The monoisotopic (exact) mass is 620 g/mol. The number of fused-ring (bicyclic) bond motifs is 2. The lowest BCUT2D eigenvalue weighted by Crippen LogP contribution is -2.31. The van der Waals surface area contributed by atoms with Gasteiger partial charge in [0.25, 0.3) is 23.6 Å². The Balaban J connectivity index is 1.55. The average Bonchev–Trinajstić information content (AvgIpc) is 3.12. The van der Waals surface area contributed by atoms with Gasteiger partial charge in [0.1, 0.15) is 0 Å². The standard InChI is InChI=1S/C22H10I2N2O4/c23-11-4-6-15-17(8-11)21(29)25(19(15)27)13-2-1-3-14(10-13)26-20(28)16-7-5-12(24)9-18(16)22(26)30/h1-10H. The van der Waals surface area contributed by atoms with Crippen molar-refractivity contribution in [2.24, 2.45) is 0 Å². The maximum atomic E-state index is 12.9. The van der Waals surface area contributed by atoms with Gasteiger partial charge in [0.2, 0.25) is 0 Å². The number of imide groups is 2. The molecule has 4 amide bonds. The topological polar surface area (TPSA) is 74.8 Å². The molecule has 8 heteroatoms. The van der Waals surface area contributed by atoms with Crippen molar-refractivity contribution < 1.29 is 19.2 Å². The quantitative estimate of drug-likeness (QED) is 0.313. The molecule has 0 aromatic heterocycles. The molecule has 0 atom stereocenters. The molecule has 2 heterocycles. The third-order valence-corrected chi connectivity index (χ3v) is 6.39. The number of carbonyl (C=O) groups is 4. The smallest absolute Gasteiger partial charge is 0.266 e. The predicted molar refractivity (Wildman–Crippen MR) is 127 cm³/mol. The molecule has 0 fully saturated rings. The van der Waals surface area contributed by atoms with Crippen LogP contribution in [0.15, 0.2) is 60.7 Å². The molecule has 5 rings (SSSR count). The van der Waals surface area contributed by atoms with E-state index >= 15 is 0 Å². The van der Waals surface area contributed by atoms with Gasteiger partial charge in [0.05, 0.1) is 33.6 Å². The van der Waals surface area contributed by atoms with Gasteiger partial charge in [-0.15, -0.1) is 0 Å². The maximum absolute atomic E-state index is 12.9. The molecular formula is C22H10I2N2O4. The average molecular weight is 620 g/mol. The molecule has 0 N–H and O–H groups in total. The van der Waals surface area contributed by atoms with Gasteiger partial charge in [0, 0.05) is 7.14 Å². The summed E-state index contributed by atoms with van der Waals surface area (Å²) in [6, 6.07) is 16.5. The van der Waals surface area contributed by atoms with E-state index in [1.54, 1.807) is 54.6 Å². The van der Waals surface area contributed by atoms with Crippen LogP contribution in [0.5, 0.6) is 0 Å². The molecule has 3 aromatic rings. The summed E-state index contributed by atoms with van der Waals surface area (Å²) in [6.45, 7) is 0. The molecule has 0 spiro atoms. The normalized spacial score (nSPS) is 15.1. The molecule has 0 aliphatic carbocycles. The third kappa shape index (κ3) is 2.81. The van der Waals surface area contributed by atoms with Crippen LogP contribution in [0.3, 0.4) is 0 Å². The highest BCUT2D eigenvalue weighted by molar-refractivity contribution is 14.1. The fourth-order valence-electron chi connectivity index (χ4n) is 3.67. The number of rotatable bonds is 2. The van der Waals surface area contributed by atoms with E-state index in [2.05, 4.69) is 45.2 Å². The van der Waals surface area contributed by atoms with Crippen LogP contribution < -0.4 is 9.80 Å². The van der Waals surface area contributed by atoms with Gasteiger partial charge in [-0.05, 0) is 99.8 Å². The van der Waals surface area contributed by atoms with Gasteiger partial charge >= 0.3 is 0 Å². The number of hydrogen-bond donors (Lipinski definition) is 0. The first kappa shape index (κ1) is 19.4. The van der Waals surface area contributed by atoms with Crippen LogP contribution >= 0.6 is 45.2 Å². The van der Waals surface area contributed by atoms with Crippen molar-refractivity contribution in [2.75, 3.05) is 9.80 Å². The van der Waals surface area contributed by atoms with Gasteiger partial charge in [-0.3, -0.25) is 19.2 Å².